The van der Waals surface area contributed by atoms with Crippen molar-refractivity contribution in [2.45, 2.75) is 31.7 Å². The Kier molecular flexibility index (Phi) is 6.57. The number of aryl methyl sites for hydroxylation is 1. The van der Waals surface area contributed by atoms with Crippen molar-refractivity contribution < 1.29 is 18.3 Å². The summed E-state index contributed by atoms with van der Waals surface area (Å²) in [4.78, 5) is 12.7. The molecule has 0 aliphatic carbocycles. The molecule has 0 fully saturated rings. The summed E-state index contributed by atoms with van der Waals surface area (Å²) >= 11 is 1.08. The molecule has 0 saturated carbocycles. The molecule has 0 bridgehead atoms. The highest BCUT2D eigenvalue weighted by molar-refractivity contribution is 8.00. The molecule has 0 aliphatic rings. The molecule has 2 rings (SSSR count). The number of hydrogen-bond acceptors (Lipinski definition) is 3. The second-order valence-corrected chi connectivity index (χ2v) is 6.59. The highest BCUT2D eigenvalue weighted by Crippen LogP contribution is 2.25. The summed E-state index contributed by atoms with van der Waals surface area (Å²) in [5, 5.41) is 0. The minimum atomic E-state index is -0.641. The molecule has 0 N–H and O–H groups in total. The summed E-state index contributed by atoms with van der Waals surface area (Å²) in [6.45, 7) is 5.33. The summed E-state index contributed by atoms with van der Waals surface area (Å²) < 4.78 is 33.7. The number of carbonyl (C=O) groups is 1. The van der Waals surface area contributed by atoms with Gasteiger partial charge in [0.25, 0.3) is 0 Å². The number of carbonyl (C=O) groups excluding carboxylic acids is 1. The highest BCUT2D eigenvalue weighted by atomic mass is 32.2. The van der Waals surface area contributed by atoms with Gasteiger partial charge in [-0.3, -0.25) is 4.79 Å². The number of Topliss-reactive ketones (excluding diaryl/α,β-unsaturated/α-hetero) is 1. The first-order valence-corrected chi connectivity index (χ1v) is 8.69. The lowest BCUT2D eigenvalue weighted by Crippen LogP contribution is -2.08. The Morgan fingerprint density at radius 3 is 2.67 bits per heavy atom. The fraction of sp³-hybridized carbons (Fsp3) is 0.389. The standard InChI is InChI=1S/C18H21F2NO2S/c1-12-9-15(13(2)21(12)7-4-8-23-3)17(22)11-24-18-6-5-14(19)10-16(18)20/h5-6,9-10H,4,7-8,11H2,1-3H3. The Bertz CT molecular complexity index is 728. The van der Waals surface area contributed by atoms with Crippen LogP contribution in [0.4, 0.5) is 8.78 Å². The zero-order valence-corrected chi connectivity index (χ0v) is 14.9. The van der Waals surface area contributed by atoms with Crippen molar-refractivity contribution in [1.29, 1.82) is 0 Å². The summed E-state index contributed by atoms with van der Waals surface area (Å²) in [5.41, 5.74) is 2.58. The van der Waals surface area contributed by atoms with Gasteiger partial charge in [-0.05, 0) is 38.5 Å². The first-order chi connectivity index (χ1) is 11.4. The van der Waals surface area contributed by atoms with E-state index in [4.69, 9.17) is 4.74 Å². The molecular weight excluding hydrogens is 332 g/mol. The fourth-order valence-electron chi connectivity index (χ4n) is 2.61. The van der Waals surface area contributed by atoms with Gasteiger partial charge in [-0.2, -0.15) is 0 Å². The van der Waals surface area contributed by atoms with Gasteiger partial charge in [-0.1, -0.05) is 0 Å². The Balaban J connectivity index is 2.05. The molecule has 130 valence electrons. The van der Waals surface area contributed by atoms with Crippen LogP contribution >= 0.6 is 11.8 Å². The maximum Gasteiger partial charge on any atom is 0.174 e. The van der Waals surface area contributed by atoms with Crippen LogP contribution in [0, 0.1) is 25.5 Å². The molecule has 1 aromatic heterocycles. The van der Waals surface area contributed by atoms with Crippen LogP contribution in [0.25, 0.3) is 0 Å². The van der Waals surface area contributed by atoms with Gasteiger partial charge in [0, 0.05) is 48.2 Å². The first kappa shape index (κ1) is 18.7. The van der Waals surface area contributed by atoms with Gasteiger partial charge in [0.05, 0.1) is 5.75 Å². The number of ether oxygens (including phenoxy) is 1. The third-order valence-electron chi connectivity index (χ3n) is 3.86. The van der Waals surface area contributed by atoms with Crippen molar-refractivity contribution in [3.63, 3.8) is 0 Å². The van der Waals surface area contributed by atoms with E-state index in [0.29, 0.717) is 12.2 Å². The zero-order chi connectivity index (χ0) is 17.7. The van der Waals surface area contributed by atoms with Crippen molar-refractivity contribution in [2.24, 2.45) is 0 Å². The van der Waals surface area contributed by atoms with Crippen LogP contribution in [0.2, 0.25) is 0 Å². The molecule has 2 aromatic rings. The molecule has 0 spiro atoms. The molecular formula is C18H21F2NO2S. The van der Waals surface area contributed by atoms with E-state index in [9.17, 15) is 13.6 Å². The van der Waals surface area contributed by atoms with Crippen LogP contribution < -0.4 is 0 Å². The lowest BCUT2D eigenvalue weighted by molar-refractivity contribution is 0.102. The Morgan fingerprint density at radius 1 is 1.25 bits per heavy atom. The molecule has 24 heavy (non-hydrogen) atoms. The van der Waals surface area contributed by atoms with E-state index in [1.165, 1.54) is 12.1 Å². The molecule has 0 radical (unpaired) electrons. The van der Waals surface area contributed by atoms with E-state index in [-0.39, 0.29) is 16.4 Å². The third kappa shape index (κ3) is 4.45. The number of halogens is 2. The molecule has 0 aliphatic heterocycles. The average Bonchev–Trinajstić information content (AvgIpc) is 2.82. The van der Waals surface area contributed by atoms with E-state index in [0.717, 1.165) is 42.2 Å². The molecule has 6 heteroatoms. The lowest BCUT2D eigenvalue weighted by atomic mass is 10.2. The quantitative estimate of drug-likeness (QED) is 0.401. The van der Waals surface area contributed by atoms with Gasteiger partial charge in [-0.15, -0.1) is 11.8 Å². The zero-order valence-electron chi connectivity index (χ0n) is 14.1. The van der Waals surface area contributed by atoms with Crippen LogP contribution in [0.15, 0.2) is 29.2 Å². The van der Waals surface area contributed by atoms with E-state index in [2.05, 4.69) is 4.57 Å². The monoisotopic (exact) mass is 353 g/mol. The average molecular weight is 353 g/mol. The molecule has 1 heterocycles. The van der Waals surface area contributed by atoms with Crippen LogP contribution in [-0.2, 0) is 11.3 Å². The van der Waals surface area contributed by atoms with Crippen LogP contribution in [0.5, 0.6) is 0 Å². The van der Waals surface area contributed by atoms with Crippen LogP contribution in [-0.4, -0.2) is 29.8 Å². The molecule has 0 amide bonds. The fourth-order valence-corrected chi connectivity index (χ4v) is 3.41. The lowest BCUT2D eigenvalue weighted by Gasteiger charge is -2.09. The van der Waals surface area contributed by atoms with Crippen molar-refractivity contribution >= 4 is 17.5 Å². The third-order valence-corrected chi connectivity index (χ3v) is 4.91. The van der Waals surface area contributed by atoms with Crippen molar-refractivity contribution in [1.82, 2.24) is 4.57 Å². The summed E-state index contributed by atoms with van der Waals surface area (Å²) in [5.74, 6) is -1.21. The second-order valence-electron chi connectivity index (χ2n) is 5.57. The normalized spacial score (nSPS) is 11.0. The molecule has 0 unspecified atom stereocenters. The van der Waals surface area contributed by atoms with Gasteiger partial charge in [-0.25, -0.2) is 8.78 Å². The largest absolute Gasteiger partial charge is 0.385 e. The number of nitrogens with zero attached hydrogens (tertiary/aromatic N) is 1. The number of methoxy groups -OCH3 is 1. The minimum Gasteiger partial charge on any atom is -0.385 e. The van der Waals surface area contributed by atoms with Crippen molar-refractivity contribution in [3.8, 4) is 0 Å². The molecule has 0 atom stereocenters. The van der Waals surface area contributed by atoms with Crippen molar-refractivity contribution in [3.05, 3.63) is 52.9 Å². The molecule has 3 nitrogen and oxygen atoms in total. The van der Waals surface area contributed by atoms with E-state index in [1.807, 2.05) is 19.9 Å². The maximum absolute atomic E-state index is 13.6. The smallest absolute Gasteiger partial charge is 0.174 e. The topological polar surface area (TPSA) is 31.2 Å². The number of ketones is 1. The predicted octanol–water partition coefficient (Wildman–Crippen LogP) is 4.39. The number of aromatic nitrogens is 1. The Hall–Kier alpha value is -1.66. The maximum atomic E-state index is 13.6. The van der Waals surface area contributed by atoms with Gasteiger partial charge in [0.1, 0.15) is 11.6 Å². The predicted molar refractivity (Wildman–Crippen MR) is 91.8 cm³/mol. The molecule has 1 aromatic carbocycles. The minimum absolute atomic E-state index is 0.0604. The highest BCUT2D eigenvalue weighted by Gasteiger charge is 2.16. The Morgan fingerprint density at radius 2 is 2.00 bits per heavy atom. The first-order valence-electron chi connectivity index (χ1n) is 7.70. The molecule has 0 saturated heterocycles. The summed E-state index contributed by atoms with van der Waals surface area (Å²) in [7, 11) is 1.66. The van der Waals surface area contributed by atoms with Crippen LogP contribution in [0.1, 0.15) is 28.2 Å². The second kappa shape index (κ2) is 8.44. The number of benzene rings is 1. The van der Waals surface area contributed by atoms with E-state index in [1.54, 1.807) is 7.11 Å². The van der Waals surface area contributed by atoms with E-state index < -0.39 is 11.6 Å². The van der Waals surface area contributed by atoms with Gasteiger partial charge >= 0.3 is 0 Å². The van der Waals surface area contributed by atoms with Crippen molar-refractivity contribution in [2.75, 3.05) is 19.5 Å². The number of hydrogen-bond donors (Lipinski definition) is 0. The van der Waals surface area contributed by atoms with E-state index >= 15 is 0 Å². The Labute approximate surface area is 145 Å². The van der Waals surface area contributed by atoms with Gasteiger partial charge in [0.2, 0.25) is 0 Å². The van der Waals surface area contributed by atoms with Gasteiger partial charge in [0.15, 0.2) is 5.78 Å². The number of thioether (sulfide) groups is 1. The summed E-state index contributed by atoms with van der Waals surface area (Å²) in [6, 6.07) is 5.24. The van der Waals surface area contributed by atoms with Gasteiger partial charge < -0.3 is 9.30 Å². The van der Waals surface area contributed by atoms with Crippen LogP contribution in [0.3, 0.4) is 0 Å². The SMILES string of the molecule is COCCCn1c(C)cc(C(=O)CSc2ccc(F)cc2F)c1C. The number of rotatable bonds is 8. The summed E-state index contributed by atoms with van der Waals surface area (Å²) in [6.07, 6.45) is 0.871.